The maximum absolute atomic E-state index is 9.86. The Hall–Kier alpha value is -0.910. The third-order valence-corrected chi connectivity index (χ3v) is 4.26. The number of rotatable bonds is 4. The number of likely N-dealkylation sites (tertiary alicyclic amines) is 1. The molecule has 3 N–H and O–H groups in total. The number of hydrogen-bond acceptors (Lipinski definition) is 4. The van der Waals surface area contributed by atoms with Gasteiger partial charge in [0, 0.05) is 24.2 Å². The Morgan fingerprint density at radius 2 is 1.81 bits per heavy atom. The van der Waals surface area contributed by atoms with E-state index in [1.54, 1.807) is 0 Å². The van der Waals surface area contributed by atoms with Crippen molar-refractivity contribution in [2.24, 2.45) is 0 Å². The van der Waals surface area contributed by atoms with E-state index in [2.05, 4.69) is 6.08 Å². The lowest BCUT2D eigenvalue weighted by Gasteiger charge is -2.41. The first-order valence-electron chi connectivity index (χ1n) is 7.16. The van der Waals surface area contributed by atoms with Crippen LogP contribution in [0.25, 0.3) is 0 Å². The minimum Gasteiger partial charge on any atom is -0.389 e. The van der Waals surface area contributed by atoms with E-state index in [-0.39, 0.29) is 6.04 Å². The Balaban J connectivity index is 1.84. The normalized spacial score (nSPS) is 30.9. The molecule has 2 rings (SSSR count). The van der Waals surface area contributed by atoms with Crippen molar-refractivity contribution < 1.29 is 15.3 Å². The number of aliphatic hydroxyl groups is 3. The van der Waals surface area contributed by atoms with Crippen molar-refractivity contribution in [2.45, 2.75) is 37.7 Å². The number of piperidine rings is 1. The molecule has 0 spiro atoms. The second-order valence-corrected chi connectivity index (χ2v) is 5.98. The minimum absolute atomic E-state index is 0.177. The number of aliphatic hydroxyl groups excluding tert-OH is 3. The van der Waals surface area contributed by atoms with Crippen LogP contribution < -0.4 is 0 Å². The summed E-state index contributed by atoms with van der Waals surface area (Å²) in [6.07, 6.45) is 2.00. The Morgan fingerprint density at radius 1 is 1.14 bits per heavy atom. The summed E-state index contributed by atoms with van der Waals surface area (Å²) in [6.45, 7) is 2.85. The quantitative estimate of drug-likeness (QED) is 0.732. The van der Waals surface area contributed by atoms with Gasteiger partial charge < -0.3 is 15.3 Å². The highest BCUT2D eigenvalue weighted by molar-refractivity contribution is 6.30. The molecule has 116 valence electrons. The largest absolute Gasteiger partial charge is 0.389 e. The number of β-amino-alcohol motifs (C(OH)–C–C–N with tert-alkyl or cyclic N) is 1. The number of benzene rings is 1. The summed E-state index contributed by atoms with van der Waals surface area (Å²) < 4.78 is 0. The Labute approximate surface area is 130 Å². The lowest BCUT2D eigenvalue weighted by Crippen LogP contribution is -2.60. The van der Waals surface area contributed by atoms with E-state index in [0.29, 0.717) is 13.1 Å². The van der Waals surface area contributed by atoms with Crippen LogP contribution in [0.3, 0.4) is 0 Å². The van der Waals surface area contributed by atoms with Gasteiger partial charge in [-0.3, -0.25) is 4.90 Å². The maximum Gasteiger partial charge on any atom is 0.108 e. The van der Waals surface area contributed by atoms with Gasteiger partial charge in [0.15, 0.2) is 0 Å². The summed E-state index contributed by atoms with van der Waals surface area (Å²) in [5.74, 6) is 0. The first-order valence-corrected chi connectivity index (χ1v) is 7.54. The molecule has 0 radical (unpaired) electrons. The summed E-state index contributed by atoms with van der Waals surface area (Å²) in [5, 5.41) is 29.9. The van der Waals surface area contributed by atoms with Crippen molar-refractivity contribution in [3.63, 3.8) is 0 Å². The van der Waals surface area contributed by atoms with E-state index in [0.717, 1.165) is 11.4 Å². The van der Waals surface area contributed by atoms with Gasteiger partial charge in [0.05, 0.1) is 12.2 Å². The molecule has 5 heteroatoms. The van der Waals surface area contributed by atoms with Crippen molar-refractivity contribution in [1.29, 1.82) is 0 Å². The van der Waals surface area contributed by atoms with Gasteiger partial charge >= 0.3 is 0 Å². The molecule has 1 saturated heterocycles. The summed E-state index contributed by atoms with van der Waals surface area (Å²) in [7, 11) is 0. The number of nitrogens with zero attached hydrogens (tertiary/aromatic N) is 1. The van der Waals surface area contributed by atoms with Crippen LogP contribution in [0.15, 0.2) is 36.4 Å². The molecule has 1 aliphatic heterocycles. The van der Waals surface area contributed by atoms with E-state index in [4.69, 9.17) is 11.6 Å². The fourth-order valence-electron chi connectivity index (χ4n) is 2.53. The predicted molar refractivity (Wildman–Crippen MR) is 83.4 cm³/mol. The molecule has 4 atom stereocenters. The second-order valence-electron chi connectivity index (χ2n) is 5.55. The van der Waals surface area contributed by atoms with Crippen molar-refractivity contribution in [2.75, 3.05) is 13.1 Å². The standard InChI is InChI=1S/C16H22ClNO3/c1-11-15(20)16(21)14(19)10-18(11)9-3-2-4-12-5-7-13(17)8-6-12/h2-3,5-8,11,14-16,19-21H,4,9-10H2,1H3/b3-2+. The summed E-state index contributed by atoms with van der Waals surface area (Å²) in [4.78, 5) is 1.96. The molecule has 4 unspecified atom stereocenters. The Bertz CT molecular complexity index is 477. The molecule has 0 bridgehead atoms. The fraction of sp³-hybridized carbons (Fsp3) is 0.500. The summed E-state index contributed by atoms with van der Waals surface area (Å²) in [6, 6.07) is 7.53. The molecule has 4 nitrogen and oxygen atoms in total. The average Bonchev–Trinajstić information content (AvgIpc) is 2.48. The van der Waals surface area contributed by atoms with Gasteiger partial charge in [0.25, 0.3) is 0 Å². The van der Waals surface area contributed by atoms with Gasteiger partial charge in [-0.05, 0) is 31.0 Å². The van der Waals surface area contributed by atoms with Crippen molar-refractivity contribution >= 4 is 11.6 Å². The van der Waals surface area contributed by atoms with E-state index >= 15 is 0 Å². The van der Waals surface area contributed by atoms with Crippen molar-refractivity contribution in [3.05, 3.63) is 47.0 Å². The highest BCUT2D eigenvalue weighted by atomic mass is 35.5. The first-order chi connectivity index (χ1) is 9.99. The van der Waals surface area contributed by atoms with Crippen LogP contribution >= 0.6 is 11.6 Å². The van der Waals surface area contributed by atoms with Crippen molar-refractivity contribution in [3.8, 4) is 0 Å². The van der Waals surface area contributed by atoms with Crippen LogP contribution in [0, 0.1) is 0 Å². The third kappa shape index (κ3) is 4.28. The molecular formula is C16H22ClNO3. The number of halogens is 1. The van der Waals surface area contributed by atoms with Gasteiger partial charge in [-0.1, -0.05) is 35.9 Å². The Morgan fingerprint density at radius 3 is 2.48 bits per heavy atom. The van der Waals surface area contributed by atoms with Gasteiger partial charge in [-0.15, -0.1) is 0 Å². The minimum atomic E-state index is -1.06. The lowest BCUT2D eigenvalue weighted by molar-refractivity contribution is -0.130. The zero-order valence-corrected chi connectivity index (χ0v) is 12.8. The van der Waals surface area contributed by atoms with Gasteiger partial charge in [0.2, 0.25) is 0 Å². The Kier molecular flexibility index (Phi) is 5.79. The topological polar surface area (TPSA) is 63.9 Å². The SMILES string of the molecule is CC1C(O)C(O)C(O)CN1C/C=C/Cc1ccc(Cl)cc1. The van der Waals surface area contributed by atoms with Gasteiger partial charge in [-0.25, -0.2) is 0 Å². The molecule has 21 heavy (non-hydrogen) atoms. The molecule has 1 aromatic carbocycles. The van der Waals surface area contributed by atoms with E-state index in [1.807, 2.05) is 42.2 Å². The zero-order valence-electron chi connectivity index (χ0n) is 12.1. The highest BCUT2D eigenvalue weighted by Gasteiger charge is 2.38. The monoisotopic (exact) mass is 311 g/mol. The molecular weight excluding hydrogens is 290 g/mol. The second kappa shape index (κ2) is 7.38. The van der Waals surface area contributed by atoms with Crippen LogP contribution in [0.4, 0.5) is 0 Å². The van der Waals surface area contributed by atoms with Crippen LogP contribution in [0.2, 0.25) is 5.02 Å². The summed E-state index contributed by atoms with van der Waals surface area (Å²) >= 11 is 5.84. The van der Waals surface area contributed by atoms with Crippen LogP contribution in [0.5, 0.6) is 0 Å². The van der Waals surface area contributed by atoms with E-state index in [1.165, 1.54) is 5.56 Å². The molecule has 1 fully saturated rings. The third-order valence-electron chi connectivity index (χ3n) is 4.01. The molecule has 0 aromatic heterocycles. The maximum atomic E-state index is 9.86. The zero-order chi connectivity index (χ0) is 15.4. The summed E-state index contributed by atoms with van der Waals surface area (Å²) in [5.41, 5.74) is 1.18. The van der Waals surface area contributed by atoms with Gasteiger partial charge in [-0.2, -0.15) is 0 Å². The molecule has 0 aliphatic carbocycles. The number of allylic oxidation sites excluding steroid dienone is 1. The van der Waals surface area contributed by atoms with Gasteiger partial charge in [0.1, 0.15) is 6.10 Å². The molecule has 1 aromatic rings. The predicted octanol–water partition coefficient (Wildman–Crippen LogP) is 1.23. The molecule has 0 saturated carbocycles. The smallest absolute Gasteiger partial charge is 0.108 e. The van der Waals surface area contributed by atoms with Crippen molar-refractivity contribution in [1.82, 2.24) is 4.90 Å². The lowest BCUT2D eigenvalue weighted by atomic mass is 9.95. The first kappa shape index (κ1) is 16.5. The van der Waals surface area contributed by atoms with Crippen LogP contribution in [-0.4, -0.2) is 57.7 Å². The molecule has 0 amide bonds. The molecule has 1 aliphatic rings. The molecule has 1 heterocycles. The van der Waals surface area contributed by atoms with E-state index in [9.17, 15) is 15.3 Å². The fourth-order valence-corrected chi connectivity index (χ4v) is 2.66. The van der Waals surface area contributed by atoms with E-state index < -0.39 is 18.3 Å². The number of hydrogen-bond donors (Lipinski definition) is 3. The van der Waals surface area contributed by atoms with Crippen LogP contribution in [0.1, 0.15) is 12.5 Å². The highest BCUT2D eigenvalue weighted by Crippen LogP contribution is 2.18. The van der Waals surface area contributed by atoms with Crippen LogP contribution in [-0.2, 0) is 6.42 Å². The average molecular weight is 312 g/mol.